The third kappa shape index (κ3) is 5.36. The Balaban J connectivity index is 1.61. The molecule has 1 saturated carbocycles. The van der Waals surface area contributed by atoms with Gasteiger partial charge in [0.2, 0.25) is 15.9 Å². The molecule has 0 radical (unpaired) electrons. The van der Waals surface area contributed by atoms with Crippen LogP contribution in [0, 0.1) is 5.92 Å². The Bertz CT molecular complexity index is 830. The molecule has 2 aliphatic rings. The number of piperidine rings is 1. The first-order valence-electron chi connectivity index (χ1n) is 10.5. The predicted octanol–water partition coefficient (Wildman–Crippen LogP) is 2.28. The molecule has 0 bridgehead atoms. The number of hydrogen-bond donors (Lipinski definition) is 2. The van der Waals surface area contributed by atoms with E-state index in [-0.39, 0.29) is 28.8 Å². The predicted molar refractivity (Wildman–Crippen MR) is 111 cm³/mol. The molecule has 2 amide bonds. The van der Waals surface area contributed by atoms with Crippen molar-refractivity contribution >= 4 is 21.8 Å². The highest BCUT2D eigenvalue weighted by molar-refractivity contribution is 7.89. The maximum absolute atomic E-state index is 12.9. The fraction of sp³-hybridized carbons (Fsp3) is 0.619. The Hall–Kier alpha value is -1.93. The van der Waals surface area contributed by atoms with Gasteiger partial charge < -0.3 is 10.6 Å². The lowest BCUT2D eigenvalue weighted by Gasteiger charge is -2.31. The summed E-state index contributed by atoms with van der Waals surface area (Å²) >= 11 is 0. The lowest BCUT2D eigenvalue weighted by Crippen LogP contribution is -2.46. The molecule has 0 aromatic heterocycles. The van der Waals surface area contributed by atoms with Gasteiger partial charge in [0, 0.05) is 37.7 Å². The molecule has 1 aliphatic heterocycles. The van der Waals surface area contributed by atoms with E-state index in [9.17, 15) is 18.0 Å². The summed E-state index contributed by atoms with van der Waals surface area (Å²) in [6.07, 6.45) is 5.65. The zero-order chi connectivity index (χ0) is 21.0. The zero-order valence-corrected chi connectivity index (χ0v) is 18.0. The van der Waals surface area contributed by atoms with Gasteiger partial charge in [-0.2, -0.15) is 4.31 Å². The van der Waals surface area contributed by atoms with Gasteiger partial charge in [0.05, 0.1) is 4.90 Å². The van der Waals surface area contributed by atoms with Crippen LogP contribution in [0.1, 0.15) is 62.7 Å². The average Bonchev–Trinajstić information content (AvgIpc) is 2.70. The number of sulfonamides is 1. The molecule has 2 atom stereocenters. The number of hydrogen-bond acceptors (Lipinski definition) is 4. The maximum atomic E-state index is 12.9. The minimum Gasteiger partial charge on any atom is -0.354 e. The van der Waals surface area contributed by atoms with Crippen molar-refractivity contribution in [3.8, 4) is 0 Å². The summed E-state index contributed by atoms with van der Waals surface area (Å²) in [5.74, 6) is 0.222. The summed E-state index contributed by atoms with van der Waals surface area (Å²) in [4.78, 5) is 23.9. The Kier molecular flexibility index (Phi) is 6.95. The van der Waals surface area contributed by atoms with E-state index in [1.807, 2.05) is 0 Å². The molecule has 8 heteroatoms. The van der Waals surface area contributed by atoms with Gasteiger partial charge in [0.1, 0.15) is 0 Å². The SMILES string of the molecule is CC(=O)NC1CCN(S(=O)(=O)c2ccc(C(=O)N[C@@H]3CCCC[C@H]3C)cc2)CC1. The minimum absolute atomic E-state index is 0.0206. The number of benzene rings is 1. The molecule has 7 nitrogen and oxygen atoms in total. The smallest absolute Gasteiger partial charge is 0.251 e. The maximum Gasteiger partial charge on any atom is 0.251 e. The summed E-state index contributed by atoms with van der Waals surface area (Å²) in [6, 6.07) is 6.39. The quantitative estimate of drug-likeness (QED) is 0.762. The molecule has 1 heterocycles. The zero-order valence-electron chi connectivity index (χ0n) is 17.2. The van der Waals surface area contributed by atoms with Gasteiger partial charge in [-0.15, -0.1) is 0 Å². The standard InChI is InChI=1S/C21H31N3O4S/c1-15-5-3-4-6-20(15)23-21(26)17-7-9-19(10-8-17)29(27,28)24-13-11-18(12-14-24)22-16(2)25/h7-10,15,18,20H,3-6,11-14H2,1-2H3,(H,22,25)(H,23,26)/t15-,20-/m1/s1. The molecule has 29 heavy (non-hydrogen) atoms. The lowest BCUT2D eigenvalue weighted by atomic mass is 9.86. The van der Waals surface area contributed by atoms with Crippen LogP contribution in [0.3, 0.4) is 0 Å². The van der Waals surface area contributed by atoms with Gasteiger partial charge in [0.25, 0.3) is 5.91 Å². The summed E-state index contributed by atoms with van der Waals surface area (Å²) in [6.45, 7) is 4.37. The third-order valence-electron chi connectivity index (χ3n) is 6.04. The van der Waals surface area contributed by atoms with Gasteiger partial charge in [0.15, 0.2) is 0 Å². The van der Waals surface area contributed by atoms with Crippen LogP contribution in [0.4, 0.5) is 0 Å². The van der Waals surface area contributed by atoms with Crippen molar-refractivity contribution < 1.29 is 18.0 Å². The number of carbonyl (C=O) groups excluding carboxylic acids is 2. The van der Waals surface area contributed by atoms with Gasteiger partial charge in [-0.05, 0) is 55.9 Å². The first-order valence-corrected chi connectivity index (χ1v) is 11.9. The second-order valence-corrected chi connectivity index (χ2v) is 10.2. The molecule has 160 valence electrons. The second kappa shape index (κ2) is 9.26. The van der Waals surface area contributed by atoms with Crippen molar-refractivity contribution in [1.29, 1.82) is 0 Å². The lowest BCUT2D eigenvalue weighted by molar-refractivity contribution is -0.119. The molecule has 1 aromatic rings. The highest BCUT2D eigenvalue weighted by atomic mass is 32.2. The van der Waals surface area contributed by atoms with E-state index in [4.69, 9.17) is 0 Å². The minimum atomic E-state index is -3.60. The van der Waals surface area contributed by atoms with Crippen LogP contribution in [0.15, 0.2) is 29.2 Å². The summed E-state index contributed by atoms with van der Waals surface area (Å²) < 4.78 is 27.2. The third-order valence-corrected chi connectivity index (χ3v) is 7.96. The normalized spacial score (nSPS) is 24.1. The number of nitrogens with one attached hydrogen (secondary N) is 2. The van der Waals surface area contributed by atoms with Crippen LogP contribution in [-0.4, -0.2) is 49.7 Å². The van der Waals surface area contributed by atoms with E-state index in [2.05, 4.69) is 17.6 Å². The van der Waals surface area contributed by atoms with Gasteiger partial charge in [-0.25, -0.2) is 8.42 Å². The number of nitrogens with zero attached hydrogens (tertiary/aromatic N) is 1. The van der Waals surface area contributed by atoms with Crippen LogP contribution >= 0.6 is 0 Å². The van der Waals surface area contributed by atoms with Crippen molar-refractivity contribution in [2.45, 2.75) is 69.4 Å². The molecule has 1 aliphatic carbocycles. The van der Waals surface area contributed by atoms with E-state index in [0.29, 0.717) is 37.4 Å². The molecule has 2 N–H and O–H groups in total. The Labute approximate surface area is 173 Å². The van der Waals surface area contributed by atoms with Crippen molar-refractivity contribution in [3.05, 3.63) is 29.8 Å². The monoisotopic (exact) mass is 421 g/mol. The van der Waals surface area contributed by atoms with E-state index < -0.39 is 10.0 Å². The van der Waals surface area contributed by atoms with Crippen LogP contribution in [0.25, 0.3) is 0 Å². The molecule has 1 aromatic carbocycles. The van der Waals surface area contributed by atoms with Crippen molar-refractivity contribution in [3.63, 3.8) is 0 Å². The van der Waals surface area contributed by atoms with E-state index in [1.165, 1.54) is 29.8 Å². The Morgan fingerprint density at radius 1 is 0.966 bits per heavy atom. The van der Waals surface area contributed by atoms with Crippen molar-refractivity contribution in [2.24, 2.45) is 5.92 Å². The number of carbonyl (C=O) groups is 2. The average molecular weight is 422 g/mol. The largest absolute Gasteiger partial charge is 0.354 e. The second-order valence-electron chi connectivity index (χ2n) is 8.24. The highest BCUT2D eigenvalue weighted by Crippen LogP contribution is 2.25. The molecule has 3 rings (SSSR count). The van der Waals surface area contributed by atoms with E-state index in [0.717, 1.165) is 19.3 Å². The van der Waals surface area contributed by atoms with Gasteiger partial charge in [-0.3, -0.25) is 9.59 Å². The first kappa shape index (κ1) is 21.8. The Morgan fingerprint density at radius 3 is 2.17 bits per heavy atom. The topological polar surface area (TPSA) is 95.6 Å². The highest BCUT2D eigenvalue weighted by Gasteiger charge is 2.30. The van der Waals surface area contributed by atoms with Crippen LogP contribution in [0.2, 0.25) is 0 Å². The first-order chi connectivity index (χ1) is 13.8. The molecule has 1 saturated heterocycles. The summed E-state index contributed by atoms with van der Waals surface area (Å²) in [5, 5.41) is 5.94. The fourth-order valence-corrected chi connectivity index (χ4v) is 5.71. The van der Waals surface area contributed by atoms with Crippen molar-refractivity contribution in [2.75, 3.05) is 13.1 Å². The Morgan fingerprint density at radius 2 is 1.59 bits per heavy atom. The van der Waals surface area contributed by atoms with Crippen LogP contribution < -0.4 is 10.6 Å². The van der Waals surface area contributed by atoms with Crippen LogP contribution in [-0.2, 0) is 14.8 Å². The molecule has 0 unspecified atom stereocenters. The summed E-state index contributed by atoms with van der Waals surface area (Å²) in [7, 11) is -3.60. The molecule has 0 spiro atoms. The van der Waals surface area contributed by atoms with Crippen LogP contribution in [0.5, 0.6) is 0 Å². The summed E-state index contributed by atoms with van der Waals surface area (Å²) in [5.41, 5.74) is 0.478. The molecule has 2 fully saturated rings. The van der Waals surface area contributed by atoms with E-state index in [1.54, 1.807) is 12.1 Å². The van der Waals surface area contributed by atoms with Gasteiger partial charge in [-0.1, -0.05) is 19.8 Å². The fourth-order valence-electron chi connectivity index (χ4n) is 4.24. The van der Waals surface area contributed by atoms with E-state index >= 15 is 0 Å². The van der Waals surface area contributed by atoms with Crippen molar-refractivity contribution in [1.82, 2.24) is 14.9 Å². The number of amides is 2. The molecular weight excluding hydrogens is 390 g/mol. The molecular formula is C21H31N3O4S. The number of rotatable bonds is 5. The van der Waals surface area contributed by atoms with Gasteiger partial charge >= 0.3 is 0 Å².